The molecule has 0 aliphatic carbocycles. The molecule has 0 aromatic carbocycles. The summed E-state index contributed by atoms with van der Waals surface area (Å²) in [6.07, 6.45) is 5.13. The Balaban J connectivity index is 1.76. The third kappa shape index (κ3) is 2.76. The molecule has 0 radical (unpaired) electrons. The summed E-state index contributed by atoms with van der Waals surface area (Å²) in [7, 11) is 0. The molecule has 1 amide bonds. The molecule has 2 saturated heterocycles. The average Bonchev–Trinajstić information content (AvgIpc) is 2.89. The number of hydrogen-bond acceptors (Lipinski definition) is 4. The minimum Gasteiger partial charge on any atom is -0.469 e. The molecule has 0 spiro atoms. The van der Waals surface area contributed by atoms with Gasteiger partial charge in [0.15, 0.2) is 0 Å². The number of nitrogens with zero attached hydrogens (tertiary/aromatic N) is 1. The molecule has 3 heterocycles. The van der Waals surface area contributed by atoms with Crippen molar-refractivity contribution in [3.8, 4) is 0 Å². The number of hydrogen-bond donors (Lipinski definition) is 0. The number of carbonyl (C=O) groups is 1. The van der Waals surface area contributed by atoms with Crippen molar-refractivity contribution in [3.05, 3.63) is 36.3 Å². The lowest BCUT2D eigenvalue weighted by atomic mass is 9.91. The summed E-state index contributed by atoms with van der Waals surface area (Å²) in [6.45, 7) is 7.21. The van der Waals surface area contributed by atoms with Gasteiger partial charge in [0.05, 0.1) is 49.8 Å². The number of ether oxygens (including phenoxy) is 2. The van der Waals surface area contributed by atoms with Crippen LogP contribution in [0.25, 0.3) is 0 Å². The molecule has 1 aromatic heterocycles. The summed E-state index contributed by atoms with van der Waals surface area (Å²) in [4.78, 5) is 14.7. The van der Waals surface area contributed by atoms with Crippen LogP contribution in [-0.4, -0.2) is 48.8 Å². The average molecular weight is 291 g/mol. The standard InChI is InChI=1S/C16H21NO4/c1-3-5-21-14-7-12-9-19-10-13(8-14)17(12)16(18)15-4-6-20-11(15)2/h3-4,6,12-14H,1,5,7-10H2,2H3/t12-,13+,14?. The van der Waals surface area contributed by atoms with Crippen LogP contribution < -0.4 is 0 Å². The number of fused-ring (bicyclic) bond motifs is 2. The Morgan fingerprint density at radius 2 is 2.19 bits per heavy atom. The highest BCUT2D eigenvalue weighted by molar-refractivity contribution is 5.95. The third-order valence-electron chi connectivity index (χ3n) is 4.25. The van der Waals surface area contributed by atoms with Gasteiger partial charge in [-0.1, -0.05) is 6.08 Å². The second-order valence-corrected chi connectivity index (χ2v) is 5.66. The molecule has 3 rings (SSSR count). The Morgan fingerprint density at radius 3 is 2.76 bits per heavy atom. The van der Waals surface area contributed by atoms with E-state index in [1.165, 1.54) is 0 Å². The lowest BCUT2D eigenvalue weighted by Crippen LogP contribution is -2.60. The first-order chi connectivity index (χ1) is 10.2. The highest BCUT2D eigenvalue weighted by Crippen LogP contribution is 2.31. The molecule has 2 aliphatic heterocycles. The number of carbonyl (C=O) groups excluding carboxylic acids is 1. The van der Waals surface area contributed by atoms with Crippen molar-refractivity contribution in [1.29, 1.82) is 0 Å². The minimum atomic E-state index is 0.0433. The van der Waals surface area contributed by atoms with Crippen LogP contribution in [0.1, 0.15) is 29.0 Å². The summed E-state index contributed by atoms with van der Waals surface area (Å²) in [5.41, 5.74) is 0.650. The van der Waals surface area contributed by atoms with Gasteiger partial charge in [-0.15, -0.1) is 6.58 Å². The minimum absolute atomic E-state index is 0.0433. The normalized spacial score (nSPS) is 28.4. The summed E-state index contributed by atoms with van der Waals surface area (Å²) < 4.78 is 16.7. The largest absolute Gasteiger partial charge is 0.469 e. The van der Waals surface area contributed by atoms with Crippen molar-refractivity contribution in [3.63, 3.8) is 0 Å². The molecular weight excluding hydrogens is 270 g/mol. The van der Waals surface area contributed by atoms with Crippen molar-refractivity contribution in [2.75, 3.05) is 19.8 Å². The zero-order valence-corrected chi connectivity index (χ0v) is 12.3. The van der Waals surface area contributed by atoms with Crippen LogP contribution in [0.15, 0.2) is 29.4 Å². The van der Waals surface area contributed by atoms with E-state index >= 15 is 0 Å². The first-order valence-electron chi connectivity index (χ1n) is 7.37. The zero-order valence-electron chi connectivity index (χ0n) is 12.3. The maximum atomic E-state index is 12.8. The summed E-state index contributed by atoms with van der Waals surface area (Å²) in [6, 6.07) is 1.90. The first kappa shape index (κ1) is 14.4. The van der Waals surface area contributed by atoms with E-state index in [0.717, 1.165) is 12.8 Å². The Morgan fingerprint density at radius 1 is 1.48 bits per heavy atom. The summed E-state index contributed by atoms with van der Waals surface area (Å²) in [5.74, 6) is 0.714. The molecule has 0 N–H and O–H groups in total. The molecule has 1 unspecified atom stereocenters. The molecule has 0 saturated carbocycles. The van der Waals surface area contributed by atoms with Crippen LogP contribution >= 0.6 is 0 Å². The topological polar surface area (TPSA) is 51.9 Å². The Kier molecular flexibility index (Phi) is 4.12. The first-order valence-corrected chi connectivity index (χ1v) is 7.37. The van der Waals surface area contributed by atoms with E-state index in [1.807, 2.05) is 11.8 Å². The SMILES string of the molecule is C=CCOC1C[C@H]2COC[C@@H](C1)N2C(=O)c1ccoc1C. The number of rotatable bonds is 4. The lowest BCUT2D eigenvalue weighted by molar-refractivity contribution is -0.0996. The highest BCUT2D eigenvalue weighted by Gasteiger charge is 2.42. The maximum Gasteiger partial charge on any atom is 0.258 e. The fraction of sp³-hybridized carbons (Fsp3) is 0.562. The van der Waals surface area contributed by atoms with Gasteiger partial charge in [0.1, 0.15) is 5.76 Å². The monoisotopic (exact) mass is 291 g/mol. The van der Waals surface area contributed by atoms with Gasteiger partial charge in [0.25, 0.3) is 5.91 Å². The molecule has 2 bridgehead atoms. The Labute approximate surface area is 124 Å². The van der Waals surface area contributed by atoms with E-state index in [4.69, 9.17) is 13.9 Å². The maximum absolute atomic E-state index is 12.8. The van der Waals surface area contributed by atoms with Gasteiger partial charge in [0, 0.05) is 0 Å². The highest BCUT2D eigenvalue weighted by atomic mass is 16.5. The molecule has 3 atom stereocenters. The molecule has 5 nitrogen and oxygen atoms in total. The van der Waals surface area contributed by atoms with Gasteiger partial charge >= 0.3 is 0 Å². The van der Waals surface area contributed by atoms with E-state index in [2.05, 4.69) is 6.58 Å². The zero-order chi connectivity index (χ0) is 14.8. The molecule has 21 heavy (non-hydrogen) atoms. The fourth-order valence-corrected chi connectivity index (χ4v) is 3.28. The van der Waals surface area contributed by atoms with E-state index in [0.29, 0.717) is 31.1 Å². The summed E-state index contributed by atoms with van der Waals surface area (Å²) >= 11 is 0. The number of morpholine rings is 1. The van der Waals surface area contributed by atoms with Crippen LogP contribution in [0.5, 0.6) is 0 Å². The number of aryl methyl sites for hydroxylation is 1. The van der Waals surface area contributed by atoms with E-state index in [-0.39, 0.29) is 24.1 Å². The van der Waals surface area contributed by atoms with Gasteiger partial charge in [-0.2, -0.15) is 0 Å². The molecule has 2 aliphatic rings. The van der Waals surface area contributed by atoms with E-state index in [1.54, 1.807) is 18.4 Å². The summed E-state index contributed by atoms with van der Waals surface area (Å²) in [5, 5.41) is 0. The van der Waals surface area contributed by atoms with Crippen LogP contribution in [0, 0.1) is 6.92 Å². The van der Waals surface area contributed by atoms with Crippen LogP contribution in [-0.2, 0) is 9.47 Å². The Bertz CT molecular complexity index is 510. The smallest absolute Gasteiger partial charge is 0.258 e. The van der Waals surface area contributed by atoms with Crippen molar-refractivity contribution in [2.24, 2.45) is 0 Å². The number of amides is 1. The van der Waals surface area contributed by atoms with Gasteiger partial charge < -0.3 is 18.8 Å². The second kappa shape index (κ2) is 6.03. The predicted molar refractivity (Wildman–Crippen MR) is 77.2 cm³/mol. The number of furan rings is 1. The van der Waals surface area contributed by atoms with Crippen molar-refractivity contribution in [2.45, 2.75) is 38.0 Å². The molecule has 114 valence electrons. The van der Waals surface area contributed by atoms with E-state index < -0.39 is 0 Å². The van der Waals surface area contributed by atoms with Gasteiger partial charge in [-0.3, -0.25) is 4.79 Å². The van der Waals surface area contributed by atoms with Crippen molar-refractivity contribution >= 4 is 5.91 Å². The quantitative estimate of drug-likeness (QED) is 0.798. The Hall–Kier alpha value is -1.59. The lowest BCUT2D eigenvalue weighted by Gasteiger charge is -2.48. The number of piperidine rings is 1. The predicted octanol–water partition coefficient (Wildman–Crippen LogP) is 2.16. The molecule has 5 heteroatoms. The molecule has 1 aromatic rings. The molecule has 2 fully saturated rings. The van der Waals surface area contributed by atoms with Gasteiger partial charge in [-0.05, 0) is 25.8 Å². The molecular formula is C16H21NO4. The van der Waals surface area contributed by atoms with Crippen molar-refractivity contribution < 1.29 is 18.7 Å². The van der Waals surface area contributed by atoms with Crippen LogP contribution in [0.4, 0.5) is 0 Å². The third-order valence-corrected chi connectivity index (χ3v) is 4.25. The second-order valence-electron chi connectivity index (χ2n) is 5.66. The van der Waals surface area contributed by atoms with Gasteiger partial charge in [-0.25, -0.2) is 0 Å². The fourth-order valence-electron chi connectivity index (χ4n) is 3.28. The van der Waals surface area contributed by atoms with Crippen LogP contribution in [0.3, 0.4) is 0 Å². The van der Waals surface area contributed by atoms with Crippen LogP contribution in [0.2, 0.25) is 0 Å². The van der Waals surface area contributed by atoms with E-state index in [9.17, 15) is 4.79 Å². The van der Waals surface area contributed by atoms with Gasteiger partial charge in [0.2, 0.25) is 0 Å². The van der Waals surface area contributed by atoms with Crippen molar-refractivity contribution in [1.82, 2.24) is 4.90 Å².